The average molecular weight is 345 g/mol. The van der Waals surface area contributed by atoms with Crippen LogP contribution in [0.15, 0.2) is 78.1 Å². The first-order chi connectivity index (χ1) is 11.4. The number of ether oxygens (including phenoxy) is 1. The number of hydrogen-bond donors (Lipinski definition) is 0. The smallest absolute Gasteiger partial charge is 0.268 e. The SMILES string of the molecule is C1=CC=C2[OH+]c3ccc4ccccc4c3C=C2C=C1.[O-][Cl+3]([O-])([O-])[O-]. The molecule has 2 aromatic carbocycles. The van der Waals surface area contributed by atoms with Gasteiger partial charge < -0.3 is 4.74 Å². The zero-order valence-electron chi connectivity index (χ0n) is 12.4. The van der Waals surface area contributed by atoms with Gasteiger partial charge in [-0.2, -0.15) is 0 Å². The van der Waals surface area contributed by atoms with Gasteiger partial charge in [-0.25, -0.2) is 18.6 Å². The van der Waals surface area contributed by atoms with E-state index >= 15 is 0 Å². The minimum Gasteiger partial charge on any atom is -0.545 e. The molecule has 0 bridgehead atoms. The van der Waals surface area contributed by atoms with Gasteiger partial charge >= 0.3 is 0 Å². The van der Waals surface area contributed by atoms with Crippen LogP contribution in [0.4, 0.5) is 0 Å². The van der Waals surface area contributed by atoms with Crippen molar-refractivity contribution in [1.82, 2.24) is 0 Å². The molecule has 4 rings (SSSR count). The number of aliphatic hydroxyl groups is 1. The molecule has 1 aliphatic heterocycles. The molecule has 0 amide bonds. The number of halogens is 1. The van der Waals surface area contributed by atoms with Gasteiger partial charge in [-0.1, -0.05) is 42.5 Å². The van der Waals surface area contributed by atoms with Crippen LogP contribution in [0.5, 0.6) is 5.75 Å². The van der Waals surface area contributed by atoms with E-state index in [1.165, 1.54) is 21.9 Å². The second kappa shape index (κ2) is 6.60. The van der Waals surface area contributed by atoms with Crippen molar-refractivity contribution in [3.63, 3.8) is 0 Å². The summed E-state index contributed by atoms with van der Waals surface area (Å²) in [5.74, 6) is 2.09. The predicted molar refractivity (Wildman–Crippen MR) is 80.0 cm³/mol. The van der Waals surface area contributed by atoms with Crippen LogP contribution < -0.4 is 18.6 Å². The number of benzene rings is 2. The predicted octanol–water partition coefficient (Wildman–Crippen LogP) is -0.268. The molecular weight excluding hydrogens is 332 g/mol. The Morgan fingerprint density at radius 1 is 0.833 bits per heavy atom. The second-order valence-corrected chi connectivity index (χ2v) is 5.86. The molecule has 0 saturated heterocycles. The fourth-order valence-corrected chi connectivity index (χ4v) is 2.59. The summed E-state index contributed by atoms with van der Waals surface area (Å²) in [5.41, 5.74) is 2.39. The van der Waals surface area contributed by atoms with Crippen molar-refractivity contribution in [3.05, 3.63) is 83.7 Å². The quantitative estimate of drug-likeness (QED) is 0.613. The minimum atomic E-state index is -4.94. The molecule has 2 aromatic rings. The molecule has 5 nitrogen and oxygen atoms in total. The molecule has 1 N–H and O–H groups in total. The highest BCUT2D eigenvalue weighted by molar-refractivity contribution is 5.94. The maximum absolute atomic E-state index is 8.49. The highest BCUT2D eigenvalue weighted by atomic mass is 35.7. The van der Waals surface area contributed by atoms with E-state index in [1.54, 1.807) is 0 Å². The molecule has 24 heavy (non-hydrogen) atoms. The van der Waals surface area contributed by atoms with Crippen molar-refractivity contribution in [2.45, 2.75) is 0 Å². The third kappa shape index (κ3) is 3.91. The van der Waals surface area contributed by atoms with Crippen LogP contribution >= 0.6 is 0 Å². The fraction of sp³-hybridized carbons (Fsp3) is 0. The lowest BCUT2D eigenvalue weighted by atomic mass is 9.98. The summed E-state index contributed by atoms with van der Waals surface area (Å²) in [4.78, 5) is 0. The molecule has 0 radical (unpaired) electrons. The van der Waals surface area contributed by atoms with E-state index in [4.69, 9.17) is 23.4 Å². The molecule has 1 heterocycles. The summed E-state index contributed by atoms with van der Waals surface area (Å²) < 4.78 is 38.7. The molecule has 0 saturated carbocycles. The van der Waals surface area contributed by atoms with Crippen molar-refractivity contribution in [2.24, 2.45) is 0 Å². The normalized spacial score (nSPS) is 15.2. The zero-order chi connectivity index (χ0) is 17.2. The Hall–Kier alpha value is -2.41. The highest BCUT2D eigenvalue weighted by Crippen LogP contribution is 2.38. The Morgan fingerprint density at radius 2 is 1.58 bits per heavy atom. The topological polar surface area (TPSA) is 105 Å². The van der Waals surface area contributed by atoms with E-state index in [0.29, 0.717) is 0 Å². The molecule has 6 heteroatoms. The summed E-state index contributed by atoms with van der Waals surface area (Å²) in [6.45, 7) is 0. The molecular formula is C18H13ClO5. The molecule has 0 unspecified atom stereocenters. The summed E-state index contributed by atoms with van der Waals surface area (Å²) in [7, 11) is -4.94. The first kappa shape index (κ1) is 16.4. The van der Waals surface area contributed by atoms with E-state index in [1.807, 2.05) is 12.2 Å². The van der Waals surface area contributed by atoms with Crippen molar-refractivity contribution < 1.29 is 33.6 Å². The second-order valence-electron chi connectivity index (χ2n) is 5.10. The third-order valence-electron chi connectivity index (χ3n) is 3.54. The van der Waals surface area contributed by atoms with E-state index < -0.39 is 10.2 Å². The Bertz CT molecular complexity index is 882. The highest BCUT2D eigenvalue weighted by Gasteiger charge is 2.22. The third-order valence-corrected chi connectivity index (χ3v) is 3.54. The van der Waals surface area contributed by atoms with Crippen LogP contribution in [0.3, 0.4) is 0 Å². The van der Waals surface area contributed by atoms with Crippen molar-refractivity contribution in [3.8, 4) is 5.75 Å². The molecule has 122 valence electrons. The monoisotopic (exact) mass is 344 g/mol. The first-order valence-corrected chi connectivity index (χ1v) is 8.27. The molecule has 1 aliphatic carbocycles. The van der Waals surface area contributed by atoms with Crippen LogP contribution in [-0.4, -0.2) is 4.74 Å². The van der Waals surface area contributed by atoms with Crippen molar-refractivity contribution in [1.29, 1.82) is 0 Å². The van der Waals surface area contributed by atoms with E-state index in [-0.39, 0.29) is 0 Å². The number of fused-ring (bicyclic) bond motifs is 4. The van der Waals surface area contributed by atoms with Gasteiger partial charge in [0.2, 0.25) is 0 Å². The van der Waals surface area contributed by atoms with Gasteiger partial charge in [-0.3, -0.25) is 0 Å². The lowest BCUT2D eigenvalue weighted by Gasteiger charge is -2.17. The molecule has 0 fully saturated rings. The maximum atomic E-state index is 8.49. The van der Waals surface area contributed by atoms with E-state index in [2.05, 4.69) is 60.7 Å². The fourth-order valence-electron chi connectivity index (χ4n) is 2.59. The molecule has 0 aromatic heterocycles. The summed E-state index contributed by atoms with van der Waals surface area (Å²) in [6, 6.07) is 12.7. The standard InChI is InChI=1S/C18H12O.ClHO4/c1-2-7-14-12-16-15-8-5-4-6-13(15)10-11-18(16)19-17(14)9-3-1;2-1(3,4)5/h1-12H;(H,2,3,4,5). The lowest BCUT2D eigenvalue weighted by Crippen LogP contribution is -2.68. The number of allylic oxidation sites excluding steroid dienone is 5. The van der Waals surface area contributed by atoms with Gasteiger partial charge in [0.15, 0.2) is 0 Å². The van der Waals surface area contributed by atoms with Crippen LogP contribution in [0, 0.1) is 10.2 Å². The first-order valence-electron chi connectivity index (χ1n) is 7.04. The van der Waals surface area contributed by atoms with E-state index in [0.717, 1.165) is 11.5 Å². The number of hydrogen-bond acceptors (Lipinski definition) is 4. The average Bonchev–Trinajstić information content (AvgIpc) is 2.76. The molecule has 0 atom stereocenters. The molecule has 0 spiro atoms. The van der Waals surface area contributed by atoms with Crippen molar-refractivity contribution >= 4 is 16.8 Å². The summed E-state index contributed by atoms with van der Waals surface area (Å²) in [5, 5.41) is 2.53. The largest absolute Gasteiger partial charge is 0.545 e. The van der Waals surface area contributed by atoms with Crippen LogP contribution in [-0.2, 0) is 0 Å². The zero-order valence-corrected chi connectivity index (χ0v) is 13.1. The number of aromatic hydroxyl groups is 1. The van der Waals surface area contributed by atoms with Crippen LogP contribution in [0.25, 0.3) is 16.8 Å². The van der Waals surface area contributed by atoms with Crippen LogP contribution in [0.1, 0.15) is 5.56 Å². The maximum Gasteiger partial charge on any atom is 0.268 e. The Labute approximate surface area is 140 Å². The van der Waals surface area contributed by atoms with E-state index in [9.17, 15) is 0 Å². The van der Waals surface area contributed by atoms with Gasteiger partial charge in [0, 0.05) is 12.1 Å². The summed E-state index contributed by atoms with van der Waals surface area (Å²) in [6.07, 6.45) is 12.5. The Kier molecular flexibility index (Phi) is 4.53. The van der Waals surface area contributed by atoms with Gasteiger partial charge in [-0.15, -0.1) is 10.2 Å². The summed E-state index contributed by atoms with van der Waals surface area (Å²) >= 11 is 0. The van der Waals surface area contributed by atoms with Crippen molar-refractivity contribution in [2.75, 3.05) is 0 Å². The number of rotatable bonds is 0. The van der Waals surface area contributed by atoms with Crippen LogP contribution in [0.2, 0.25) is 0 Å². The Balaban J connectivity index is 0.000000300. The van der Waals surface area contributed by atoms with Gasteiger partial charge in [0.05, 0.1) is 11.1 Å². The van der Waals surface area contributed by atoms with Gasteiger partial charge in [0.1, 0.15) is 0 Å². The van der Waals surface area contributed by atoms with Gasteiger partial charge in [0.25, 0.3) is 11.5 Å². The molecule has 2 aliphatic rings. The lowest BCUT2D eigenvalue weighted by molar-refractivity contribution is -2.00. The van der Waals surface area contributed by atoms with Gasteiger partial charge in [-0.05, 0) is 29.0 Å². The Morgan fingerprint density at radius 3 is 2.38 bits per heavy atom. The minimum absolute atomic E-state index is 1.03.